The molecule has 0 amide bonds. The first-order valence-electron chi connectivity index (χ1n) is 8.17. The van der Waals surface area contributed by atoms with Crippen molar-refractivity contribution in [3.63, 3.8) is 0 Å². The molecular weight excluding hydrogens is 308 g/mol. The maximum Gasteiger partial charge on any atom is 0.306 e. The summed E-state index contributed by atoms with van der Waals surface area (Å²) in [6, 6.07) is 7.95. The molecule has 0 unspecified atom stereocenters. The van der Waals surface area contributed by atoms with Crippen molar-refractivity contribution in [2.75, 3.05) is 11.5 Å². The van der Waals surface area contributed by atoms with Gasteiger partial charge in [0, 0.05) is 12.3 Å². The van der Waals surface area contributed by atoms with Gasteiger partial charge in [-0.2, -0.15) is 11.8 Å². The van der Waals surface area contributed by atoms with Crippen LogP contribution in [0.25, 0.3) is 0 Å². The van der Waals surface area contributed by atoms with Gasteiger partial charge in [0.15, 0.2) is 0 Å². The highest BCUT2D eigenvalue weighted by Gasteiger charge is 2.36. The lowest BCUT2D eigenvalue weighted by molar-refractivity contribution is -0.145. The quantitative estimate of drug-likeness (QED) is 0.607. The molecule has 0 radical (unpaired) electrons. The molecule has 2 rings (SSSR count). The van der Waals surface area contributed by atoms with Crippen molar-refractivity contribution in [3.05, 3.63) is 48.0 Å². The summed E-state index contributed by atoms with van der Waals surface area (Å²) in [5.41, 5.74) is 1.48. The van der Waals surface area contributed by atoms with Crippen molar-refractivity contribution in [2.24, 2.45) is 5.92 Å². The van der Waals surface area contributed by atoms with Crippen molar-refractivity contribution in [1.82, 2.24) is 0 Å². The molecule has 0 aliphatic carbocycles. The number of aliphatic hydroxyl groups is 1. The van der Waals surface area contributed by atoms with Crippen LogP contribution in [-0.2, 0) is 16.1 Å². The Bertz CT molecular complexity index is 518. The molecule has 3 nitrogen and oxygen atoms in total. The Kier molecular flexibility index (Phi) is 6.72. The summed E-state index contributed by atoms with van der Waals surface area (Å²) in [4.78, 5) is 11.9. The van der Waals surface area contributed by atoms with E-state index in [1.54, 1.807) is 6.08 Å². The maximum absolute atomic E-state index is 11.9. The van der Waals surface area contributed by atoms with Gasteiger partial charge in [-0.1, -0.05) is 35.9 Å². The van der Waals surface area contributed by atoms with Gasteiger partial charge in [-0.15, -0.1) is 6.58 Å². The summed E-state index contributed by atoms with van der Waals surface area (Å²) in [6.07, 6.45) is 4.25. The van der Waals surface area contributed by atoms with Gasteiger partial charge in [0.2, 0.25) is 0 Å². The lowest BCUT2D eigenvalue weighted by Gasteiger charge is -2.37. The van der Waals surface area contributed by atoms with Crippen molar-refractivity contribution in [2.45, 2.75) is 44.8 Å². The molecule has 23 heavy (non-hydrogen) atoms. The Hall–Kier alpha value is -1.26. The van der Waals surface area contributed by atoms with E-state index in [0.717, 1.165) is 29.9 Å². The van der Waals surface area contributed by atoms with Crippen molar-refractivity contribution in [1.29, 1.82) is 0 Å². The first-order chi connectivity index (χ1) is 11.0. The fourth-order valence-electron chi connectivity index (χ4n) is 2.90. The van der Waals surface area contributed by atoms with E-state index < -0.39 is 5.60 Å². The Labute approximate surface area is 143 Å². The predicted octanol–water partition coefficient (Wildman–Crippen LogP) is 3.88. The van der Waals surface area contributed by atoms with E-state index >= 15 is 0 Å². The largest absolute Gasteiger partial charge is 0.461 e. The summed E-state index contributed by atoms with van der Waals surface area (Å²) in [7, 11) is 0. The van der Waals surface area contributed by atoms with Crippen LogP contribution in [0.15, 0.2) is 36.9 Å². The molecule has 1 aliphatic rings. The molecule has 0 aromatic heterocycles. The van der Waals surface area contributed by atoms with Crippen molar-refractivity contribution < 1.29 is 14.6 Å². The molecular formula is C19H26O3S. The number of carbonyl (C=O) groups excluding carboxylic acids is 1. The van der Waals surface area contributed by atoms with Crippen LogP contribution in [0.2, 0.25) is 0 Å². The highest BCUT2D eigenvalue weighted by Crippen LogP contribution is 2.36. The van der Waals surface area contributed by atoms with Gasteiger partial charge in [0.25, 0.3) is 0 Å². The van der Waals surface area contributed by atoms with Gasteiger partial charge in [-0.25, -0.2) is 0 Å². The molecule has 126 valence electrons. The molecule has 1 saturated heterocycles. The molecule has 1 heterocycles. The van der Waals surface area contributed by atoms with E-state index in [4.69, 9.17) is 4.74 Å². The summed E-state index contributed by atoms with van der Waals surface area (Å²) in [5, 5.41) is 10.7. The van der Waals surface area contributed by atoms with E-state index in [2.05, 4.69) is 6.58 Å². The van der Waals surface area contributed by atoms with Gasteiger partial charge in [0.1, 0.15) is 6.61 Å². The second-order valence-electron chi connectivity index (χ2n) is 6.24. The van der Waals surface area contributed by atoms with Crippen LogP contribution in [0.5, 0.6) is 0 Å². The molecule has 0 bridgehead atoms. The molecule has 0 spiro atoms. The lowest BCUT2D eigenvalue weighted by Crippen LogP contribution is -2.40. The van der Waals surface area contributed by atoms with Gasteiger partial charge < -0.3 is 9.84 Å². The third kappa shape index (κ3) is 5.40. The van der Waals surface area contributed by atoms with Crippen LogP contribution >= 0.6 is 11.8 Å². The van der Waals surface area contributed by atoms with Crippen LogP contribution in [0.1, 0.15) is 36.8 Å². The van der Waals surface area contributed by atoms with E-state index in [0.29, 0.717) is 19.4 Å². The third-order valence-electron chi connectivity index (χ3n) is 4.51. The summed E-state index contributed by atoms with van der Waals surface area (Å²) in [5.74, 6) is 1.68. The smallest absolute Gasteiger partial charge is 0.306 e. The minimum atomic E-state index is -0.704. The summed E-state index contributed by atoms with van der Waals surface area (Å²) in [6.45, 7) is 6.17. The highest BCUT2D eigenvalue weighted by molar-refractivity contribution is 7.99. The Balaban J connectivity index is 1.78. The molecule has 1 aromatic carbocycles. The molecule has 0 saturated carbocycles. The number of ether oxygens (including phenoxy) is 1. The number of benzene rings is 1. The van der Waals surface area contributed by atoms with Crippen molar-refractivity contribution in [3.8, 4) is 0 Å². The van der Waals surface area contributed by atoms with Gasteiger partial charge in [-0.3, -0.25) is 4.79 Å². The zero-order valence-corrected chi connectivity index (χ0v) is 14.6. The SMILES string of the molecule is C=C[C@@H](CCC(=O)OCc1ccc(C)cc1)C1(O)CCSCC1. The van der Waals surface area contributed by atoms with E-state index in [9.17, 15) is 9.90 Å². The van der Waals surface area contributed by atoms with Crippen molar-refractivity contribution >= 4 is 17.7 Å². The standard InChI is InChI=1S/C19H26O3S/c1-3-17(19(21)10-12-23-13-11-19)8-9-18(20)22-14-16-6-4-15(2)5-7-16/h3-7,17,21H,1,8-14H2,2H3/t17-/m0/s1. The topological polar surface area (TPSA) is 46.5 Å². The van der Waals surface area contributed by atoms with Crippen LogP contribution < -0.4 is 0 Å². The van der Waals surface area contributed by atoms with Gasteiger partial charge >= 0.3 is 5.97 Å². The van der Waals surface area contributed by atoms with Gasteiger partial charge in [-0.05, 0) is 43.3 Å². The summed E-state index contributed by atoms with van der Waals surface area (Å²) >= 11 is 1.87. The predicted molar refractivity (Wildman–Crippen MR) is 95.4 cm³/mol. The minimum absolute atomic E-state index is 0.0460. The molecule has 1 aromatic rings. The fourth-order valence-corrected chi connectivity index (χ4v) is 4.09. The van der Waals surface area contributed by atoms with Gasteiger partial charge in [0.05, 0.1) is 5.60 Å². The first-order valence-corrected chi connectivity index (χ1v) is 9.33. The van der Waals surface area contributed by atoms with Crippen LogP contribution in [0.4, 0.5) is 0 Å². The monoisotopic (exact) mass is 334 g/mol. The Morgan fingerprint density at radius 2 is 2.04 bits per heavy atom. The van der Waals surface area contributed by atoms with Crippen LogP contribution in [0.3, 0.4) is 0 Å². The number of aryl methyl sites for hydroxylation is 1. The van der Waals surface area contributed by atoms with E-state index in [1.165, 1.54) is 5.56 Å². The second kappa shape index (κ2) is 8.55. The molecule has 1 N–H and O–H groups in total. The van der Waals surface area contributed by atoms with E-state index in [1.807, 2.05) is 43.0 Å². The highest BCUT2D eigenvalue weighted by atomic mass is 32.2. The number of hydrogen-bond acceptors (Lipinski definition) is 4. The normalized spacial score (nSPS) is 18.2. The number of carbonyl (C=O) groups is 1. The zero-order chi connectivity index (χ0) is 16.7. The summed E-state index contributed by atoms with van der Waals surface area (Å²) < 4.78 is 5.32. The maximum atomic E-state index is 11.9. The molecule has 1 fully saturated rings. The Morgan fingerprint density at radius 3 is 2.65 bits per heavy atom. The number of thioether (sulfide) groups is 1. The Morgan fingerprint density at radius 1 is 1.39 bits per heavy atom. The number of esters is 1. The minimum Gasteiger partial charge on any atom is -0.461 e. The average Bonchev–Trinajstić information content (AvgIpc) is 2.55. The molecule has 1 aliphatic heterocycles. The third-order valence-corrected chi connectivity index (χ3v) is 5.50. The first kappa shape index (κ1) is 18.1. The molecule has 4 heteroatoms. The fraction of sp³-hybridized carbons (Fsp3) is 0.526. The van der Waals surface area contributed by atoms with E-state index in [-0.39, 0.29) is 11.9 Å². The molecule has 1 atom stereocenters. The number of rotatable bonds is 7. The zero-order valence-electron chi connectivity index (χ0n) is 13.8. The average molecular weight is 334 g/mol. The lowest BCUT2D eigenvalue weighted by atomic mass is 9.80. The van der Waals surface area contributed by atoms with Crippen LogP contribution in [-0.4, -0.2) is 28.2 Å². The second-order valence-corrected chi connectivity index (χ2v) is 7.47. The number of hydrogen-bond donors (Lipinski definition) is 1. The van der Waals surface area contributed by atoms with Crippen LogP contribution in [0, 0.1) is 12.8 Å².